The van der Waals surface area contributed by atoms with Crippen LogP contribution in [0.4, 0.5) is 0 Å². The predicted octanol–water partition coefficient (Wildman–Crippen LogP) is 3.75. The van der Waals surface area contributed by atoms with Gasteiger partial charge in [-0.25, -0.2) is 9.59 Å². The van der Waals surface area contributed by atoms with E-state index in [1.807, 2.05) is 6.07 Å². The van der Waals surface area contributed by atoms with Gasteiger partial charge in [0.25, 0.3) is 0 Å². The summed E-state index contributed by atoms with van der Waals surface area (Å²) in [4.78, 5) is 23.5. The zero-order valence-electron chi connectivity index (χ0n) is 12.8. The van der Waals surface area contributed by atoms with E-state index in [1.165, 1.54) is 6.08 Å². The highest BCUT2D eigenvalue weighted by atomic mass is 16.5. The molecular weight excluding hydrogens is 280 g/mol. The van der Waals surface area contributed by atoms with Crippen LogP contribution in [0.5, 0.6) is 0 Å². The zero-order valence-corrected chi connectivity index (χ0v) is 12.8. The van der Waals surface area contributed by atoms with Crippen LogP contribution in [-0.4, -0.2) is 25.2 Å². The van der Waals surface area contributed by atoms with Crippen LogP contribution < -0.4 is 0 Å². The first-order chi connectivity index (χ1) is 10.8. The third-order valence-corrected chi connectivity index (χ3v) is 3.55. The molecule has 0 atom stereocenters. The topological polar surface area (TPSA) is 52.6 Å². The van der Waals surface area contributed by atoms with Gasteiger partial charge in [-0.1, -0.05) is 37.8 Å². The number of rotatable bonds is 0. The third kappa shape index (κ3) is 5.72. The molecule has 118 valence electrons. The maximum absolute atomic E-state index is 12.0. The number of carbonyl (C=O) groups is 2. The summed E-state index contributed by atoms with van der Waals surface area (Å²) in [6, 6.07) is 7.03. The van der Waals surface area contributed by atoms with Crippen molar-refractivity contribution in [1.82, 2.24) is 0 Å². The van der Waals surface area contributed by atoms with Gasteiger partial charge in [-0.05, 0) is 36.6 Å². The van der Waals surface area contributed by atoms with Crippen molar-refractivity contribution in [2.24, 2.45) is 0 Å². The van der Waals surface area contributed by atoms with Gasteiger partial charge < -0.3 is 9.47 Å². The van der Waals surface area contributed by atoms with E-state index < -0.39 is 0 Å². The molecule has 0 saturated heterocycles. The smallest absolute Gasteiger partial charge is 0.338 e. The highest BCUT2D eigenvalue weighted by Gasteiger charge is 2.07. The Bertz CT molecular complexity index is 534. The molecular formula is C18H22O4. The summed E-state index contributed by atoms with van der Waals surface area (Å²) in [7, 11) is 0. The molecule has 0 fully saturated rings. The summed E-state index contributed by atoms with van der Waals surface area (Å²) < 4.78 is 10.4. The molecule has 0 amide bonds. The van der Waals surface area contributed by atoms with E-state index in [4.69, 9.17) is 9.47 Å². The molecule has 2 bridgehead atoms. The minimum Gasteiger partial charge on any atom is -0.463 e. The van der Waals surface area contributed by atoms with Crippen molar-refractivity contribution in [3.63, 3.8) is 0 Å². The quantitative estimate of drug-likeness (QED) is 0.685. The molecule has 4 heteroatoms. The van der Waals surface area contributed by atoms with Gasteiger partial charge in [-0.15, -0.1) is 0 Å². The van der Waals surface area contributed by atoms with Gasteiger partial charge in [0.2, 0.25) is 0 Å². The van der Waals surface area contributed by atoms with Crippen molar-refractivity contribution in [3.8, 4) is 0 Å². The predicted molar refractivity (Wildman–Crippen MR) is 84.4 cm³/mol. The lowest BCUT2D eigenvalue weighted by Crippen LogP contribution is -2.06. The molecule has 1 aliphatic heterocycles. The second-order valence-electron chi connectivity index (χ2n) is 5.38. The normalized spacial score (nSPS) is 19.6. The average Bonchev–Trinajstić information content (AvgIpc) is 2.54. The molecule has 2 rings (SSSR count). The van der Waals surface area contributed by atoms with Crippen LogP contribution in [-0.2, 0) is 14.3 Å². The second-order valence-corrected chi connectivity index (χ2v) is 5.38. The van der Waals surface area contributed by atoms with Crippen molar-refractivity contribution >= 4 is 18.0 Å². The minimum absolute atomic E-state index is 0.317. The molecule has 0 spiro atoms. The van der Waals surface area contributed by atoms with Crippen LogP contribution in [0, 0.1) is 0 Å². The van der Waals surface area contributed by atoms with E-state index in [0.717, 1.165) is 44.1 Å². The number of hydrogen-bond donors (Lipinski definition) is 0. The lowest BCUT2D eigenvalue weighted by atomic mass is 10.1. The summed E-state index contributed by atoms with van der Waals surface area (Å²) in [6.07, 6.45) is 9.15. The van der Waals surface area contributed by atoms with E-state index in [2.05, 4.69) is 0 Å². The molecule has 1 aromatic rings. The van der Waals surface area contributed by atoms with Crippen LogP contribution in [0.1, 0.15) is 54.4 Å². The number of carbonyl (C=O) groups excluding carboxylic acids is 2. The van der Waals surface area contributed by atoms with Crippen LogP contribution >= 0.6 is 0 Å². The minimum atomic E-state index is -0.350. The van der Waals surface area contributed by atoms with Crippen LogP contribution in [0.3, 0.4) is 0 Å². The van der Waals surface area contributed by atoms with Gasteiger partial charge in [-0.2, -0.15) is 0 Å². The second kappa shape index (κ2) is 9.03. The Morgan fingerprint density at radius 1 is 0.773 bits per heavy atom. The molecule has 1 aromatic carbocycles. The summed E-state index contributed by atoms with van der Waals surface area (Å²) in [5.41, 5.74) is 1.27. The summed E-state index contributed by atoms with van der Waals surface area (Å²) in [5, 5.41) is 0. The standard InChI is InChI=1S/C18H22O4/c19-17-11-10-15-8-7-9-16(14-15)18(20)22-13-6-4-2-1-3-5-12-21-17/h7-11,14H,1-6,12-13H2/b11-10+. The number of ether oxygens (including phenoxy) is 2. The number of esters is 2. The van der Waals surface area contributed by atoms with E-state index in [9.17, 15) is 9.59 Å². The largest absolute Gasteiger partial charge is 0.463 e. The Morgan fingerprint density at radius 3 is 2.23 bits per heavy atom. The van der Waals surface area contributed by atoms with Gasteiger partial charge in [-0.3, -0.25) is 0 Å². The molecule has 0 unspecified atom stereocenters. The van der Waals surface area contributed by atoms with E-state index in [0.29, 0.717) is 18.8 Å². The van der Waals surface area contributed by atoms with Crippen LogP contribution in [0.15, 0.2) is 30.3 Å². The van der Waals surface area contributed by atoms with E-state index >= 15 is 0 Å². The van der Waals surface area contributed by atoms with E-state index in [-0.39, 0.29) is 11.9 Å². The Hall–Kier alpha value is -2.10. The summed E-state index contributed by atoms with van der Waals surface area (Å²) >= 11 is 0. The fourth-order valence-electron chi connectivity index (χ4n) is 2.31. The van der Waals surface area contributed by atoms with Crippen LogP contribution in [0.2, 0.25) is 0 Å². The van der Waals surface area contributed by atoms with Crippen molar-refractivity contribution in [2.45, 2.75) is 38.5 Å². The molecule has 0 radical (unpaired) electrons. The number of benzene rings is 1. The zero-order chi connectivity index (χ0) is 15.6. The van der Waals surface area contributed by atoms with Crippen LogP contribution in [0.25, 0.3) is 6.08 Å². The van der Waals surface area contributed by atoms with Crippen molar-refractivity contribution in [2.75, 3.05) is 13.2 Å². The molecule has 22 heavy (non-hydrogen) atoms. The van der Waals surface area contributed by atoms with Crippen molar-refractivity contribution < 1.29 is 19.1 Å². The molecule has 0 aromatic heterocycles. The molecule has 0 N–H and O–H groups in total. The molecule has 1 aliphatic rings. The Kier molecular flexibility index (Phi) is 6.68. The number of cyclic esters (lactones) is 2. The average molecular weight is 302 g/mol. The molecule has 0 saturated carbocycles. The maximum Gasteiger partial charge on any atom is 0.338 e. The van der Waals surface area contributed by atoms with Gasteiger partial charge in [0.05, 0.1) is 18.8 Å². The summed E-state index contributed by atoms with van der Waals surface area (Å²) in [5.74, 6) is -0.667. The Labute approximate surface area is 131 Å². The maximum atomic E-state index is 12.0. The monoisotopic (exact) mass is 302 g/mol. The first-order valence-electron chi connectivity index (χ1n) is 7.88. The van der Waals surface area contributed by atoms with Gasteiger partial charge in [0.15, 0.2) is 0 Å². The van der Waals surface area contributed by atoms with Gasteiger partial charge in [0.1, 0.15) is 0 Å². The summed E-state index contributed by atoms with van der Waals surface area (Å²) in [6.45, 7) is 0.922. The molecule has 0 aliphatic carbocycles. The van der Waals surface area contributed by atoms with Gasteiger partial charge >= 0.3 is 11.9 Å². The van der Waals surface area contributed by atoms with Crippen molar-refractivity contribution in [1.29, 1.82) is 0 Å². The SMILES string of the molecule is O=C1/C=C/c2cccc(c2)C(=O)OCCCCCCCCO1. The lowest BCUT2D eigenvalue weighted by Gasteiger charge is -2.05. The lowest BCUT2D eigenvalue weighted by molar-refractivity contribution is -0.137. The van der Waals surface area contributed by atoms with Crippen molar-refractivity contribution in [3.05, 3.63) is 41.5 Å². The first kappa shape index (κ1) is 16.3. The third-order valence-electron chi connectivity index (χ3n) is 3.55. The number of fused-ring (bicyclic) bond motifs is 2. The molecule has 4 nitrogen and oxygen atoms in total. The highest BCUT2D eigenvalue weighted by Crippen LogP contribution is 2.11. The first-order valence-corrected chi connectivity index (χ1v) is 7.88. The fourth-order valence-corrected chi connectivity index (χ4v) is 2.31. The molecule has 1 heterocycles. The van der Waals surface area contributed by atoms with Gasteiger partial charge in [0, 0.05) is 6.08 Å². The highest BCUT2D eigenvalue weighted by molar-refractivity contribution is 5.91. The fraction of sp³-hybridized carbons (Fsp3) is 0.444. The Morgan fingerprint density at radius 2 is 1.45 bits per heavy atom. The number of hydrogen-bond acceptors (Lipinski definition) is 4. The van der Waals surface area contributed by atoms with E-state index in [1.54, 1.807) is 24.3 Å². The Balaban J connectivity index is 2.05.